The molecule has 0 aliphatic rings. The van der Waals surface area contributed by atoms with Crippen molar-refractivity contribution in [3.05, 3.63) is 22.0 Å². The third kappa shape index (κ3) is 2.12. The van der Waals surface area contributed by atoms with Gasteiger partial charge in [0.15, 0.2) is 15.4 Å². The Morgan fingerprint density at radius 1 is 1.44 bits per heavy atom. The summed E-state index contributed by atoms with van der Waals surface area (Å²) in [5.41, 5.74) is -0.894. The summed E-state index contributed by atoms with van der Waals surface area (Å²) >= 11 is 4.38. The molecule has 0 spiro atoms. The van der Waals surface area contributed by atoms with Gasteiger partial charge in [0.05, 0.1) is 11.1 Å². The number of hydrogen-bond acceptors (Lipinski definition) is 3. The second-order valence-electron chi connectivity index (χ2n) is 3.04. The predicted molar refractivity (Wildman–Crippen MR) is 57.0 cm³/mol. The molecule has 2 rings (SSSR count). The van der Waals surface area contributed by atoms with Gasteiger partial charge < -0.3 is 4.57 Å². The highest BCUT2D eigenvalue weighted by molar-refractivity contribution is 9.11. The van der Waals surface area contributed by atoms with Crippen LogP contribution in [0.5, 0.6) is 0 Å². The molecule has 0 aromatic carbocycles. The van der Waals surface area contributed by atoms with E-state index in [1.54, 1.807) is 0 Å². The molecule has 0 amide bonds. The molecule has 0 fully saturated rings. The van der Waals surface area contributed by atoms with Crippen molar-refractivity contribution in [2.45, 2.75) is 6.18 Å². The summed E-state index contributed by atoms with van der Waals surface area (Å²) in [6.07, 6.45) is -1.97. The molecule has 0 N–H and O–H groups in total. The molecule has 0 unspecified atom stereocenters. The maximum atomic E-state index is 12.4. The van der Waals surface area contributed by atoms with Crippen molar-refractivity contribution in [3.8, 4) is 10.7 Å². The van der Waals surface area contributed by atoms with Gasteiger partial charge in [-0.3, -0.25) is 0 Å². The SMILES string of the molecule is Cn1cc(C(F)(F)F)nc1-c1cnc(Br)s1. The lowest BCUT2D eigenvalue weighted by Crippen LogP contribution is -2.04. The Morgan fingerprint density at radius 3 is 2.56 bits per heavy atom. The van der Waals surface area contributed by atoms with Gasteiger partial charge in [0.25, 0.3) is 0 Å². The highest BCUT2D eigenvalue weighted by Gasteiger charge is 2.34. The van der Waals surface area contributed by atoms with Crippen LogP contribution in [0.3, 0.4) is 0 Å². The molecule has 0 aliphatic carbocycles. The first-order valence-electron chi connectivity index (χ1n) is 4.10. The van der Waals surface area contributed by atoms with Gasteiger partial charge in [-0.05, 0) is 15.9 Å². The smallest absolute Gasteiger partial charge is 0.333 e. The zero-order chi connectivity index (χ0) is 11.9. The van der Waals surface area contributed by atoms with Crippen molar-refractivity contribution >= 4 is 27.3 Å². The molecule has 0 atom stereocenters. The zero-order valence-corrected chi connectivity index (χ0v) is 10.3. The number of halogens is 4. The van der Waals surface area contributed by atoms with E-state index in [-0.39, 0.29) is 5.82 Å². The van der Waals surface area contributed by atoms with E-state index in [1.807, 2.05) is 0 Å². The van der Waals surface area contributed by atoms with Gasteiger partial charge in [-0.2, -0.15) is 13.2 Å². The quantitative estimate of drug-likeness (QED) is 0.809. The average Bonchev–Trinajstić information content (AvgIpc) is 2.70. The Bertz CT molecular complexity index is 517. The van der Waals surface area contributed by atoms with Crippen LogP contribution in [0.15, 0.2) is 16.3 Å². The molecule has 0 radical (unpaired) electrons. The molecule has 16 heavy (non-hydrogen) atoms. The minimum Gasteiger partial charge on any atom is -0.333 e. The Balaban J connectivity index is 2.47. The summed E-state index contributed by atoms with van der Waals surface area (Å²) < 4.78 is 39.2. The van der Waals surface area contributed by atoms with Crippen molar-refractivity contribution in [1.82, 2.24) is 14.5 Å². The first-order chi connectivity index (χ1) is 7.38. The molecule has 2 heterocycles. The van der Waals surface area contributed by atoms with Gasteiger partial charge in [-0.15, -0.1) is 11.3 Å². The molecule has 0 bridgehead atoms. The number of alkyl halides is 3. The summed E-state index contributed by atoms with van der Waals surface area (Å²) in [7, 11) is 1.52. The van der Waals surface area contributed by atoms with Gasteiger partial charge in [0, 0.05) is 13.2 Å². The van der Waals surface area contributed by atoms with Crippen molar-refractivity contribution in [2.24, 2.45) is 7.05 Å². The second-order valence-corrected chi connectivity index (χ2v) is 5.34. The fourth-order valence-electron chi connectivity index (χ4n) is 1.19. The van der Waals surface area contributed by atoms with Gasteiger partial charge in [0.1, 0.15) is 0 Å². The minimum absolute atomic E-state index is 0.260. The normalized spacial score (nSPS) is 12.1. The predicted octanol–water partition coefficient (Wildman–Crippen LogP) is 3.32. The van der Waals surface area contributed by atoms with Crippen LogP contribution in [0.4, 0.5) is 13.2 Å². The van der Waals surface area contributed by atoms with E-state index in [4.69, 9.17) is 0 Å². The summed E-state index contributed by atoms with van der Waals surface area (Å²) in [5, 5.41) is 0. The van der Waals surface area contributed by atoms with Gasteiger partial charge >= 0.3 is 6.18 Å². The summed E-state index contributed by atoms with van der Waals surface area (Å²) in [6, 6.07) is 0. The van der Waals surface area contributed by atoms with E-state index >= 15 is 0 Å². The van der Waals surface area contributed by atoms with E-state index < -0.39 is 11.9 Å². The number of rotatable bonds is 1. The molecule has 3 nitrogen and oxygen atoms in total. The molecule has 0 saturated carbocycles. The highest BCUT2D eigenvalue weighted by Crippen LogP contribution is 2.33. The number of hydrogen-bond donors (Lipinski definition) is 0. The Morgan fingerprint density at radius 2 is 2.12 bits per heavy atom. The van der Waals surface area contributed by atoms with Crippen molar-refractivity contribution < 1.29 is 13.2 Å². The third-order valence-corrected chi connectivity index (χ3v) is 3.34. The molecule has 86 valence electrons. The Kier molecular flexibility index (Phi) is 2.79. The van der Waals surface area contributed by atoms with Crippen molar-refractivity contribution in [2.75, 3.05) is 0 Å². The standard InChI is InChI=1S/C8H5BrF3N3S/c1-15-3-5(8(10,11)12)14-6(15)4-2-13-7(9)16-4/h2-3H,1H3. The lowest BCUT2D eigenvalue weighted by Gasteiger charge is -1.98. The first-order valence-corrected chi connectivity index (χ1v) is 5.71. The number of aryl methyl sites for hydroxylation is 1. The average molecular weight is 312 g/mol. The van der Waals surface area contributed by atoms with Gasteiger partial charge in [-0.1, -0.05) is 0 Å². The van der Waals surface area contributed by atoms with Crippen molar-refractivity contribution in [3.63, 3.8) is 0 Å². The summed E-state index contributed by atoms with van der Waals surface area (Å²) in [6.45, 7) is 0. The topological polar surface area (TPSA) is 30.7 Å². The number of aromatic nitrogens is 3. The second kappa shape index (κ2) is 3.85. The fraction of sp³-hybridized carbons (Fsp3) is 0.250. The fourth-order valence-corrected chi connectivity index (χ4v) is 2.49. The molecule has 0 aliphatic heterocycles. The molecular formula is C8H5BrF3N3S. The van der Waals surface area contributed by atoms with Crippen LogP contribution in [-0.4, -0.2) is 14.5 Å². The largest absolute Gasteiger partial charge is 0.434 e. The monoisotopic (exact) mass is 311 g/mol. The molecule has 2 aromatic rings. The molecular weight excluding hydrogens is 307 g/mol. The number of nitrogens with zero attached hydrogens (tertiary/aromatic N) is 3. The van der Waals surface area contributed by atoms with Crippen LogP contribution in [0, 0.1) is 0 Å². The van der Waals surface area contributed by atoms with Crippen LogP contribution >= 0.6 is 27.3 Å². The van der Waals surface area contributed by atoms with Crippen LogP contribution in [-0.2, 0) is 13.2 Å². The van der Waals surface area contributed by atoms with Crippen LogP contribution in [0.1, 0.15) is 5.69 Å². The highest BCUT2D eigenvalue weighted by atomic mass is 79.9. The third-order valence-electron chi connectivity index (χ3n) is 1.86. The van der Waals surface area contributed by atoms with E-state index in [2.05, 4.69) is 25.9 Å². The van der Waals surface area contributed by atoms with Crippen LogP contribution < -0.4 is 0 Å². The zero-order valence-electron chi connectivity index (χ0n) is 7.92. The maximum Gasteiger partial charge on any atom is 0.434 e. The molecule has 8 heteroatoms. The number of imidazole rings is 1. The summed E-state index contributed by atoms with van der Waals surface area (Å²) in [5.74, 6) is 0.260. The molecule has 2 aromatic heterocycles. The maximum absolute atomic E-state index is 12.4. The van der Waals surface area contributed by atoms with E-state index in [1.165, 1.54) is 29.1 Å². The van der Waals surface area contributed by atoms with Crippen molar-refractivity contribution in [1.29, 1.82) is 0 Å². The first kappa shape index (κ1) is 11.6. The lowest BCUT2D eigenvalue weighted by molar-refractivity contribution is -0.140. The van der Waals surface area contributed by atoms with Gasteiger partial charge in [0.2, 0.25) is 0 Å². The van der Waals surface area contributed by atoms with Gasteiger partial charge in [-0.25, -0.2) is 9.97 Å². The minimum atomic E-state index is -4.42. The lowest BCUT2D eigenvalue weighted by atomic mass is 10.5. The van der Waals surface area contributed by atoms with E-state index in [0.29, 0.717) is 8.79 Å². The number of thiazole rings is 1. The van der Waals surface area contributed by atoms with Crippen LogP contribution in [0.2, 0.25) is 0 Å². The van der Waals surface area contributed by atoms with Crippen LogP contribution in [0.25, 0.3) is 10.7 Å². The Labute approximate surface area is 101 Å². The Hall–Kier alpha value is -0.890. The molecule has 0 saturated heterocycles. The summed E-state index contributed by atoms with van der Waals surface area (Å²) in [4.78, 5) is 8.05. The van der Waals surface area contributed by atoms with E-state index in [0.717, 1.165) is 6.20 Å². The van der Waals surface area contributed by atoms with E-state index in [9.17, 15) is 13.2 Å².